The van der Waals surface area contributed by atoms with E-state index in [-0.39, 0.29) is 11.0 Å². The highest BCUT2D eigenvalue weighted by Crippen LogP contribution is 2.58. The molecule has 0 spiro atoms. The molecule has 0 unspecified atom stereocenters. The second kappa shape index (κ2) is 3.28. The third kappa shape index (κ3) is 1.36. The molecule has 2 aliphatic rings. The van der Waals surface area contributed by atoms with Gasteiger partial charge < -0.3 is 4.74 Å². The average molecular weight is 295 g/mol. The predicted molar refractivity (Wildman–Crippen MR) is 73.7 cm³/mol. The van der Waals surface area contributed by atoms with Gasteiger partial charge in [0, 0.05) is 21.4 Å². The molecule has 3 atom stereocenters. The van der Waals surface area contributed by atoms with E-state index in [1.165, 1.54) is 22.0 Å². The molecule has 1 saturated carbocycles. The monoisotopic (exact) mass is 294 g/mol. The zero-order valence-electron chi connectivity index (χ0n) is 10.9. The van der Waals surface area contributed by atoms with Gasteiger partial charge in [-0.2, -0.15) is 0 Å². The minimum atomic E-state index is 0.0298. The van der Waals surface area contributed by atoms with Crippen LogP contribution in [-0.4, -0.2) is 5.60 Å². The summed E-state index contributed by atoms with van der Waals surface area (Å²) in [4.78, 5) is 0. The summed E-state index contributed by atoms with van der Waals surface area (Å²) in [7, 11) is 0. The van der Waals surface area contributed by atoms with Crippen LogP contribution in [0, 0.1) is 12.8 Å². The highest BCUT2D eigenvalue weighted by molar-refractivity contribution is 9.10. The lowest BCUT2D eigenvalue weighted by Crippen LogP contribution is -2.45. The van der Waals surface area contributed by atoms with Gasteiger partial charge in [-0.1, -0.05) is 29.8 Å². The molecule has 0 radical (unpaired) electrons. The summed E-state index contributed by atoms with van der Waals surface area (Å²) in [6.07, 6.45) is 2.39. The Bertz CT molecular complexity index is 496. The normalized spacial score (nSPS) is 38.8. The first-order valence-electron chi connectivity index (χ1n) is 6.36. The molecule has 1 aliphatic carbocycles. The van der Waals surface area contributed by atoms with E-state index in [2.05, 4.69) is 55.8 Å². The Morgan fingerprint density at radius 1 is 1.29 bits per heavy atom. The van der Waals surface area contributed by atoms with E-state index in [9.17, 15) is 0 Å². The largest absolute Gasteiger partial charge is 0.487 e. The van der Waals surface area contributed by atoms with Crippen LogP contribution < -0.4 is 4.74 Å². The van der Waals surface area contributed by atoms with Crippen molar-refractivity contribution in [1.29, 1.82) is 0 Å². The third-order valence-electron chi connectivity index (χ3n) is 5.23. The zero-order valence-corrected chi connectivity index (χ0v) is 12.5. The number of aryl methyl sites for hydroxylation is 1. The zero-order chi connectivity index (χ0) is 12.4. The number of rotatable bonds is 0. The van der Waals surface area contributed by atoms with Crippen LogP contribution in [0.4, 0.5) is 0 Å². The fourth-order valence-corrected chi connectivity index (χ4v) is 3.90. The van der Waals surface area contributed by atoms with Gasteiger partial charge in [0.15, 0.2) is 0 Å². The van der Waals surface area contributed by atoms with Crippen molar-refractivity contribution in [2.24, 2.45) is 5.92 Å². The van der Waals surface area contributed by atoms with Crippen LogP contribution in [0.3, 0.4) is 0 Å². The van der Waals surface area contributed by atoms with Gasteiger partial charge in [-0.3, -0.25) is 0 Å². The first-order valence-corrected chi connectivity index (χ1v) is 7.16. The highest BCUT2D eigenvalue weighted by Gasteiger charge is 2.56. The Kier molecular flexibility index (Phi) is 2.24. The molecular formula is C15H19BrO. The lowest BCUT2D eigenvalue weighted by molar-refractivity contribution is 0.0216. The minimum absolute atomic E-state index is 0.0298. The smallest absolute Gasteiger partial charge is 0.124 e. The van der Waals surface area contributed by atoms with Crippen LogP contribution in [0.1, 0.15) is 44.7 Å². The van der Waals surface area contributed by atoms with E-state index in [1.54, 1.807) is 0 Å². The maximum atomic E-state index is 6.30. The Labute approximate surface area is 112 Å². The maximum Gasteiger partial charge on any atom is 0.124 e. The maximum absolute atomic E-state index is 6.30. The van der Waals surface area contributed by atoms with Crippen LogP contribution in [0.2, 0.25) is 0 Å². The number of benzene rings is 1. The Balaban J connectivity index is 2.25. The molecule has 1 nitrogen and oxygen atoms in total. The van der Waals surface area contributed by atoms with Gasteiger partial charge in [0.05, 0.1) is 0 Å². The molecule has 92 valence electrons. The van der Waals surface area contributed by atoms with Gasteiger partial charge in [-0.25, -0.2) is 0 Å². The molecule has 2 bridgehead atoms. The highest BCUT2D eigenvalue weighted by atomic mass is 79.9. The number of fused-ring (bicyclic) bond motifs is 4. The van der Waals surface area contributed by atoms with E-state index in [1.807, 2.05) is 0 Å². The summed E-state index contributed by atoms with van der Waals surface area (Å²) >= 11 is 3.65. The topological polar surface area (TPSA) is 9.23 Å². The minimum Gasteiger partial charge on any atom is -0.487 e. The summed E-state index contributed by atoms with van der Waals surface area (Å²) in [5.41, 5.74) is 2.95. The van der Waals surface area contributed by atoms with Crippen LogP contribution in [0.15, 0.2) is 16.6 Å². The fourth-order valence-electron chi connectivity index (χ4n) is 3.56. The lowest BCUT2D eigenvalue weighted by atomic mass is 9.70. The molecule has 0 N–H and O–H groups in total. The molecule has 1 fully saturated rings. The Morgan fingerprint density at radius 2 is 2.00 bits per heavy atom. The van der Waals surface area contributed by atoms with Crippen molar-refractivity contribution in [3.05, 3.63) is 27.7 Å². The molecule has 1 aromatic rings. The van der Waals surface area contributed by atoms with Crippen molar-refractivity contribution in [3.8, 4) is 5.75 Å². The van der Waals surface area contributed by atoms with E-state index < -0.39 is 0 Å². The molecule has 0 aromatic heterocycles. The second-order valence-corrected chi connectivity index (χ2v) is 7.01. The Morgan fingerprint density at radius 3 is 2.71 bits per heavy atom. The Hall–Kier alpha value is -0.500. The van der Waals surface area contributed by atoms with Gasteiger partial charge >= 0.3 is 0 Å². The van der Waals surface area contributed by atoms with Gasteiger partial charge in [-0.05, 0) is 44.4 Å². The van der Waals surface area contributed by atoms with Crippen molar-refractivity contribution in [3.63, 3.8) is 0 Å². The van der Waals surface area contributed by atoms with Crippen LogP contribution in [0.5, 0.6) is 5.75 Å². The molecule has 3 rings (SSSR count). The SMILES string of the molecule is Cc1cc2c(cc1Br)[C@]1(C)CC[C@](C)(O2)[C@@H]1C. The number of halogens is 1. The molecule has 1 heterocycles. The van der Waals surface area contributed by atoms with Gasteiger partial charge in [0.25, 0.3) is 0 Å². The van der Waals surface area contributed by atoms with Crippen LogP contribution >= 0.6 is 15.9 Å². The molecule has 17 heavy (non-hydrogen) atoms. The summed E-state index contributed by atoms with van der Waals surface area (Å²) in [5.74, 6) is 1.68. The molecule has 0 amide bonds. The second-order valence-electron chi connectivity index (χ2n) is 6.15. The first-order chi connectivity index (χ1) is 7.87. The van der Waals surface area contributed by atoms with E-state index >= 15 is 0 Å². The fraction of sp³-hybridized carbons (Fsp3) is 0.600. The quantitative estimate of drug-likeness (QED) is 0.680. The van der Waals surface area contributed by atoms with E-state index in [0.29, 0.717) is 5.92 Å². The molecular weight excluding hydrogens is 276 g/mol. The van der Waals surface area contributed by atoms with Gasteiger partial charge in [-0.15, -0.1) is 0 Å². The summed E-state index contributed by atoms with van der Waals surface area (Å²) in [6, 6.07) is 4.46. The summed E-state index contributed by atoms with van der Waals surface area (Å²) < 4.78 is 7.50. The van der Waals surface area contributed by atoms with Crippen molar-refractivity contribution in [2.45, 2.75) is 51.6 Å². The number of ether oxygens (including phenoxy) is 1. The lowest BCUT2D eigenvalue weighted by Gasteiger charge is -2.44. The van der Waals surface area contributed by atoms with E-state index in [4.69, 9.17) is 4.74 Å². The molecule has 0 saturated heterocycles. The van der Waals surface area contributed by atoms with Crippen LogP contribution in [-0.2, 0) is 5.41 Å². The number of hydrogen-bond acceptors (Lipinski definition) is 1. The van der Waals surface area contributed by atoms with Crippen molar-refractivity contribution in [2.75, 3.05) is 0 Å². The number of hydrogen-bond donors (Lipinski definition) is 0. The van der Waals surface area contributed by atoms with Crippen molar-refractivity contribution in [1.82, 2.24) is 0 Å². The summed E-state index contributed by atoms with van der Waals surface area (Å²) in [6.45, 7) is 9.12. The van der Waals surface area contributed by atoms with Gasteiger partial charge in [0.1, 0.15) is 11.4 Å². The van der Waals surface area contributed by atoms with Crippen molar-refractivity contribution < 1.29 is 4.74 Å². The standard InChI is InChI=1S/C15H19BrO/c1-9-7-13-11(8-12(9)16)14(3)5-6-15(4,17-13)10(14)2/h7-8,10H,5-6H2,1-4H3/t10-,14-,15+/m1/s1. The van der Waals surface area contributed by atoms with Crippen LogP contribution in [0.25, 0.3) is 0 Å². The van der Waals surface area contributed by atoms with Gasteiger partial charge in [0.2, 0.25) is 0 Å². The summed E-state index contributed by atoms with van der Waals surface area (Å²) in [5, 5.41) is 0. The average Bonchev–Trinajstić information content (AvgIpc) is 2.43. The predicted octanol–water partition coefficient (Wildman–Crippen LogP) is 4.60. The van der Waals surface area contributed by atoms with Crippen molar-refractivity contribution >= 4 is 15.9 Å². The first kappa shape index (κ1) is 11.6. The third-order valence-corrected chi connectivity index (χ3v) is 6.09. The molecule has 2 heteroatoms. The van der Waals surface area contributed by atoms with E-state index in [0.717, 1.165) is 12.2 Å². The molecule has 1 aliphatic heterocycles. The molecule has 1 aromatic carbocycles.